The van der Waals surface area contributed by atoms with Crippen molar-refractivity contribution in [1.82, 2.24) is 30.7 Å². The van der Waals surface area contributed by atoms with Crippen LogP contribution < -0.4 is 25.8 Å². The molecular formula is C21H31F6N9O10S2. The lowest BCUT2D eigenvalue weighted by atomic mass is 10.0. The number of nitrogens with one attached hydrogen (secondary N) is 3. The second kappa shape index (κ2) is 17.6. The molecular weight excluding hydrogens is 716 g/mol. The number of carbonyl (C=O) groups is 2. The number of rotatable bonds is 11. The van der Waals surface area contributed by atoms with E-state index in [1.807, 2.05) is 4.90 Å². The maximum atomic E-state index is 13.0. The van der Waals surface area contributed by atoms with Crippen LogP contribution in [0.1, 0.15) is 12.8 Å². The number of aliphatic carboxylic acids is 2. The van der Waals surface area contributed by atoms with Gasteiger partial charge in [0.25, 0.3) is 0 Å². The van der Waals surface area contributed by atoms with E-state index in [1.54, 1.807) is 0 Å². The van der Waals surface area contributed by atoms with Crippen LogP contribution in [0.4, 0.5) is 32.0 Å². The van der Waals surface area contributed by atoms with E-state index in [9.17, 15) is 48.3 Å². The molecule has 1 aromatic heterocycles. The van der Waals surface area contributed by atoms with E-state index in [0.29, 0.717) is 25.3 Å². The summed E-state index contributed by atoms with van der Waals surface area (Å²) in [5.41, 5.74) is 5.57. The van der Waals surface area contributed by atoms with E-state index in [4.69, 9.17) is 35.8 Å². The molecule has 27 heteroatoms. The fourth-order valence-corrected chi connectivity index (χ4v) is 6.46. The Bertz CT molecular complexity index is 1550. The van der Waals surface area contributed by atoms with Gasteiger partial charge in [0.2, 0.25) is 25.9 Å². The predicted molar refractivity (Wildman–Crippen MR) is 149 cm³/mol. The van der Waals surface area contributed by atoms with Gasteiger partial charge in [0.15, 0.2) is 0 Å². The molecule has 1 unspecified atom stereocenters. The highest BCUT2D eigenvalue weighted by atomic mass is 32.2. The summed E-state index contributed by atoms with van der Waals surface area (Å²) in [5.74, 6) is -5.66. The standard InChI is InChI=1S/C17H29N9O6S2.2C2HF3O2/c18-8-12(28)9-21-34(31,32)14-4-3-13(26-6-1-2-11(10-26)20-5-7-27)15(16(14)33(19,29)30)17-22-24-25-23-17;2*3-2(4,5)1(6)7/h3-4,11-12,20-21,27-28H,1-2,5-10,18H2,(H2,19,29,30)(H,22,23,24,25);2*(H,6,7)/t11-,12?;;/m1../s1. The first kappa shape index (κ1) is 42.3. The Hall–Kier alpha value is -3.73. The number of benzene rings is 1. The van der Waals surface area contributed by atoms with Crippen LogP contribution in [0, 0.1) is 0 Å². The van der Waals surface area contributed by atoms with Gasteiger partial charge in [0, 0.05) is 44.5 Å². The number of H-pyrrole nitrogens is 1. The molecule has 19 nitrogen and oxygen atoms in total. The number of hydrogen-bond acceptors (Lipinski definition) is 14. The molecule has 0 aliphatic carbocycles. The molecule has 48 heavy (non-hydrogen) atoms. The van der Waals surface area contributed by atoms with Gasteiger partial charge in [-0.25, -0.2) is 36.3 Å². The predicted octanol–water partition coefficient (Wildman–Crippen LogP) is -2.07. The molecule has 2 heterocycles. The number of aliphatic hydroxyl groups excluding tert-OH is 2. The summed E-state index contributed by atoms with van der Waals surface area (Å²) in [6.07, 6.45) is -9.73. The number of carboxylic acid groups (broad SMARTS) is 2. The van der Waals surface area contributed by atoms with Gasteiger partial charge in [-0.1, -0.05) is 0 Å². The quantitative estimate of drug-likeness (QED) is 0.112. The topological polar surface area (TPSA) is 317 Å². The lowest BCUT2D eigenvalue weighted by Crippen LogP contribution is -2.46. The maximum Gasteiger partial charge on any atom is 0.490 e. The molecule has 1 fully saturated rings. The number of alkyl halides is 6. The number of hydrogen-bond donors (Lipinski definition) is 9. The molecule has 3 rings (SSSR count). The zero-order chi connectivity index (χ0) is 37.1. The average molecular weight is 748 g/mol. The van der Waals surface area contributed by atoms with Crippen LogP contribution in [0.15, 0.2) is 21.9 Å². The summed E-state index contributed by atoms with van der Waals surface area (Å²) in [5, 5.41) is 55.2. The Kier molecular flexibility index (Phi) is 15.5. The van der Waals surface area contributed by atoms with Crippen molar-refractivity contribution in [1.29, 1.82) is 0 Å². The number of sulfonamides is 2. The van der Waals surface area contributed by atoms with Crippen LogP contribution in [0.5, 0.6) is 0 Å². The van der Waals surface area contributed by atoms with Crippen LogP contribution >= 0.6 is 0 Å². The van der Waals surface area contributed by atoms with Crippen LogP contribution in [0.25, 0.3) is 11.4 Å². The number of aliphatic hydroxyl groups is 2. The Morgan fingerprint density at radius 1 is 1.08 bits per heavy atom. The third kappa shape index (κ3) is 13.1. The van der Waals surface area contributed by atoms with E-state index in [0.717, 1.165) is 18.9 Å². The van der Waals surface area contributed by atoms with Crippen LogP contribution in [0.3, 0.4) is 0 Å². The second-order valence-corrected chi connectivity index (χ2v) is 12.6. The molecule has 0 amide bonds. The number of nitrogens with zero attached hydrogens (tertiary/aromatic N) is 4. The molecule has 2 aromatic rings. The Morgan fingerprint density at radius 3 is 2.08 bits per heavy atom. The summed E-state index contributed by atoms with van der Waals surface area (Å²) in [4.78, 5) is 18.4. The molecule has 1 aliphatic heterocycles. The van der Waals surface area contributed by atoms with Crippen LogP contribution in [-0.2, 0) is 29.6 Å². The molecule has 0 bridgehead atoms. The first-order chi connectivity index (χ1) is 22.0. The monoisotopic (exact) mass is 747 g/mol. The van der Waals surface area contributed by atoms with Crippen molar-refractivity contribution >= 4 is 37.7 Å². The van der Waals surface area contributed by atoms with Gasteiger partial charge in [0.1, 0.15) is 9.79 Å². The van der Waals surface area contributed by atoms with Gasteiger partial charge >= 0.3 is 24.3 Å². The normalized spacial score (nSPS) is 16.2. The first-order valence-corrected chi connectivity index (χ1v) is 16.0. The molecule has 1 saturated heterocycles. The van der Waals surface area contributed by atoms with Crippen molar-refractivity contribution in [3.05, 3.63) is 12.1 Å². The highest BCUT2D eigenvalue weighted by molar-refractivity contribution is 7.92. The van der Waals surface area contributed by atoms with Gasteiger partial charge in [0.05, 0.1) is 18.3 Å². The summed E-state index contributed by atoms with van der Waals surface area (Å²) >= 11 is 0. The van der Waals surface area contributed by atoms with Crippen molar-refractivity contribution in [3.8, 4) is 11.4 Å². The van der Waals surface area contributed by atoms with Gasteiger partial charge in [-0.15, -0.1) is 10.2 Å². The van der Waals surface area contributed by atoms with Crippen molar-refractivity contribution < 1.29 is 73.2 Å². The number of carboxylic acids is 2. The van der Waals surface area contributed by atoms with Crippen molar-refractivity contribution in [2.75, 3.05) is 44.2 Å². The third-order valence-corrected chi connectivity index (χ3v) is 8.40. The Balaban J connectivity index is 0.000000687. The maximum absolute atomic E-state index is 13.0. The average Bonchev–Trinajstić information content (AvgIpc) is 3.52. The first-order valence-electron chi connectivity index (χ1n) is 13.0. The lowest BCUT2D eigenvalue weighted by molar-refractivity contribution is -0.193. The minimum Gasteiger partial charge on any atom is -0.475 e. The number of aromatic nitrogens is 4. The van der Waals surface area contributed by atoms with Gasteiger partial charge in [-0.05, 0) is 30.2 Å². The molecule has 2 atom stereocenters. The largest absolute Gasteiger partial charge is 0.490 e. The minimum absolute atomic E-state index is 0.0137. The number of primary sulfonamides is 1. The smallest absolute Gasteiger partial charge is 0.475 e. The molecule has 1 aliphatic rings. The number of tetrazole rings is 1. The number of piperidine rings is 1. The van der Waals surface area contributed by atoms with Crippen LogP contribution in [0.2, 0.25) is 0 Å². The zero-order valence-corrected chi connectivity index (χ0v) is 25.9. The van der Waals surface area contributed by atoms with E-state index in [-0.39, 0.29) is 30.6 Å². The third-order valence-electron chi connectivity index (χ3n) is 5.82. The summed E-state index contributed by atoms with van der Waals surface area (Å²) in [6, 6.07) is 2.61. The summed E-state index contributed by atoms with van der Waals surface area (Å²) in [6.45, 7) is 0.764. The number of halogens is 6. The minimum atomic E-state index is -5.08. The van der Waals surface area contributed by atoms with Gasteiger partial charge in [-0.2, -0.15) is 31.6 Å². The van der Waals surface area contributed by atoms with Gasteiger partial charge in [-0.3, -0.25) is 0 Å². The number of nitrogens with two attached hydrogens (primary N) is 2. The Labute approximate surface area is 267 Å². The van der Waals surface area contributed by atoms with Gasteiger partial charge < -0.3 is 36.4 Å². The van der Waals surface area contributed by atoms with E-state index < -0.39 is 66.8 Å². The lowest BCUT2D eigenvalue weighted by Gasteiger charge is -2.36. The highest BCUT2D eigenvalue weighted by Gasteiger charge is 2.39. The number of anilines is 1. The van der Waals surface area contributed by atoms with E-state index in [2.05, 4.69) is 30.7 Å². The molecule has 0 spiro atoms. The molecule has 0 saturated carbocycles. The fraction of sp³-hybridized carbons (Fsp3) is 0.571. The highest BCUT2D eigenvalue weighted by Crippen LogP contribution is 2.39. The van der Waals surface area contributed by atoms with E-state index >= 15 is 0 Å². The van der Waals surface area contributed by atoms with Crippen molar-refractivity contribution in [2.24, 2.45) is 10.9 Å². The van der Waals surface area contributed by atoms with Crippen molar-refractivity contribution in [2.45, 2.75) is 47.1 Å². The SMILES string of the molecule is NCC(O)CNS(=O)(=O)c1ccc(N2CCC[C@@H](NCCO)C2)c(-c2nn[nH]n2)c1S(N)(=O)=O.O=C(O)C(F)(F)F.O=C(O)C(F)(F)F. The summed E-state index contributed by atoms with van der Waals surface area (Å²) < 4.78 is 117. The van der Waals surface area contributed by atoms with Crippen LogP contribution in [-0.4, -0.2) is 134 Å². The molecule has 0 radical (unpaired) electrons. The van der Waals surface area contributed by atoms with Crippen molar-refractivity contribution in [3.63, 3.8) is 0 Å². The molecule has 274 valence electrons. The molecule has 1 aromatic carbocycles. The fourth-order valence-electron chi connectivity index (χ4n) is 3.79. The van der Waals surface area contributed by atoms with E-state index in [1.165, 1.54) is 6.07 Å². The summed E-state index contributed by atoms with van der Waals surface area (Å²) in [7, 11) is -9.04. The zero-order valence-electron chi connectivity index (χ0n) is 24.2. The number of aromatic amines is 1. The Morgan fingerprint density at radius 2 is 1.65 bits per heavy atom. The second-order valence-electron chi connectivity index (χ2n) is 9.38. The molecule has 11 N–H and O–H groups in total.